The summed E-state index contributed by atoms with van der Waals surface area (Å²) in [6.45, 7) is 8.04. The van der Waals surface area contributed by atoms with Gasteiger partial charge in [-0.1, -0.05) is 0 Å². The maximum absolute atomic E-state index is 11.6. The summed E-state index contributed by atoms with van der Waals surface area (Å²) >= 11 is 0. The second kappa shape index (κ2) is 20.9. The molecule has 0 bridgehead atoms. The number of aromatic nitrogens is 1. The number of Topliss-reactive ketones (excluding diaryl/α,β-unsaturated/α-hetero) is 1. The molecule has 1 amide bonds. The van der Waals surface area contributed by atoms with Crippen molar-refractivity contribution < 1.29 is 43.3 Å². The minimum Gasteiger partial charge on any atom is -0.507 e. The number of aromatic hydroxyl groups is 1. The molecule has 0 saturated heterocycles. The van der Waals surface area contributed by atoms with E-state index in [1.54, 1.807) is 37.4 Å². The number of pyridine rings is 1. The monoisotopic (exact) mass is 701 g/mol. The average molecular weight is 702 g/mol. The van der Waals surface area contributed by atoms with E-state index in [1.807, 2.05) is 14.0 Å². The molecule has 13 nitrogen and oxygen atoms in total. The fourth-order valence-electron chi connectivity index (χ4n) is 6.30. The van der Waals surface area contributed by atoms with Crippen LogP contribution >= 0.6 is 0 Å². The van der Waals surface area contributed by atoms with Crippen LogP contribution in [0.1, 0.15) is 103 Å². The summed E-state index contributed by atoms with van der Waals surface area (Å²) in [5.41, 5.74) is 5.20. The van der Waals surface area contributed by atoms with Gasteiger partial charge in [-0.25, -0.2) is 9.59 Å². The number of esters is 3. The lowest BCUT2D eigenvalue weighted by molar-refractivity contribution is -0.150. The molecule has 1 unspecified atom stereocenters. The standard InChI is InChI=1S/C11H17NO3.C9H11NO2.C9H15NO2.C8H12O3/c1-4-15-11(14)9-6-5-7-10(9)12(3)8(2)13;1-10-7-4-2-3-6(7)8(11)5-9(10)12;1-3-12-9(11)7-5-4-6-8(7)10-2;1-2-11-8(10)6-4-3-5-7(6)9/h4-7H2,1-3H3;5,11H,2-4H2,1H3;10H,3-6H2,1-2H3;6H,2-5H2,1H3. The molecule has 50 heavy (non-hydrogen) atoms. The molecule has 1 heterocycles. The van der Waals surface area contributed by atoms with Crippen LogP contribution in [0.3, 0.4) is 0 Å². The zero-order chi connectivity index (χ0) is 37.4. The molecule has 1 aromatic heterocycles. The van der Waals surface area contributed by atoms with Crippen LogP contribution in [-0.4, -0.2) is 78.1 Å². The third-order valence-electron chi connectivity index (χ3n) is 9.00. The molecule has 4 aliphatic rings. The van der Waals surface area contributed by atoms with Gasteiger partial charge in [-0.05, 0) is 91.4 Å². The second-order valence-corrected chi connectivity index (χ2v) is 12.2. The molecular formula is C37H55N3O10. The summed E-state index contributed by atoms with van der Waals surface area (Å²) in [6, 6.07) is 1.30. The van der Waals surface area contributed by atoms with E-state index in [9.17, 15) is 33.9 Å². The van der Waals surface area contributed by atoms with Crippen LogP contribution in [0.5, 0.6) is 5.75 Å². The summed E-state index contributed by atoms with van der Waals surface area (Å²) < 4.78 is 16.2. The van der Waals surface area contributed by atoms with E-state index < -0.39 is 5.92 Å². The Kier molecular flexibility index (Phi) is 17.5. The van der Waals surface area contributed by atoms with Crippen molar-refractivity contribution in [2.24, 2.45) is 13.0 Å². The van der Waals surface area contributed by atoms with Crippen LogP contribution < -0.4 is 10.9 Å². The predicted octanol–water partition coefficient (Wildman–Crippen LogP) is 4.17. The Bertz CT molecular complexity index is 1510. The van der Waals surface area contributed by atoms with Crippen molar-refractivity contribution in [3.05, 3.63) is 50.2 Å². The van der Waals surface area contributed by atoms with Crippen molar-refractivity contribution in [3.63, 3.8) is 0 Å². The van der Waals surface area contributed by atoms with Gasteiger partial charge in [-0.2, -0.15) is 0 Å². The van der Waals surface area contributed by atoms with Crippen molar-refractivity contribution in [1.82, 2.24) is 14.8 Å². The molecule has 2 N–H and O–H groups in total. The van der Waals surface area contributed by atoms with Gasteiger partial charge in [0.25, 0.3) is 5.56 Å². The summed E-state index contributed by atoms with van der Waals surface area (Å²) in [7, 11) is 5.30. The quantitative estimate of drug-likeness (QED) is 0.227. The Morgan fingerprint density at radius 3 is 1.98 bits per heavy atom. The van der Waals surface area contributed by atoms with Crippen molar-refractivity contribution in [2.75, 3.05) is 33.9 Å². The number of hydrogen-bond acceptors (Lipinski definition) is 11. The van der Waals surface area contributed by atoms with E-state index in [4.69, 9.17) is 14.2 Å². The highest BCUT2D eigenvalue weighted by molar-refractivity contribution is 6.00. The van der Waals surface area contributed by atoms with E-state index in [1.165, 1.54) is 13.0 Å². The smallest absolute Gasteiger partial charge is 0.335 e. The van der Waals surface area contributed by atoms with E-state index in [0.29, 0.717) is 44.7 Å². The number of amides is 1. The fraction of sp³-hybridized carbons (Fsp3) is 0.622. The number of ether oxygens (including phenoxy) is 3. The summed E-state index contributed by atoms with van der Waals surface area (Å²) in [4.78, 5) is 68.8. The first-order chi connectivity index (χ1) is 23.8. The van der Waals surface area contributed by atoms with Gasteiger partial charge in [0.05, 0.1) is 31.0 Å². The number of nitrogens with one attached hydrogen (secondary N) is 1. The second-order valence-electron chi connectivity index (χ2n) is 12.2. The summed E-state index contributed by atoms with van der Waals surface area (Å²) in [5, 5.41) is 12.5. The van der Waals surface area contributed by atoms with Gasteiger partial charge in [-0.15, -0.1) is 0 Å². The van der Waals surface area contributed by atoms with Crippen LogP contribution in [-0.2, 0) is 58.1 Å². The van der Waals surface area contributed by atoms with Crippen molar-refractivity contribution >= 4 is 29.6 Å². The van der Waals surface area contributed by atoms with Crippen molar-refractivity contribution in [3.8, 4) is 5.75 Å². The van der Waals surface area contributed by atoms with Gasteiger partial charge >= 0.3 is 17.9 Å². The van der Waals surface area contributed by atoms with Gasteiger partial charge in [0.2, 0.25) is 5.91 Å². The highest BCUT2D eigenvalue weighted by Gasteiger charge is 2.32. The number of allylic oxidation sites excluding steroid dienone is 2. The van der Waals surface area contributed by atoms with Crippen LogP contribution in [0.25, 0.3) is 0 Å². The number of carbonyl (C=O) groups is 5. The molecule has 0 spiro atoms. The van der Waals surface area contributed by atoms with Gasteiger partial charge in [0.1, 0.15) is 17.5 Å². The zero-order valence-corrected chi connectivity index (χ0v) is 30.8. The number of nitrogens with zero attached hydrogens (tertiary/aromatic N) is 2. The van der Waals surface area contributed by atoms with Crippen LogP contribution in [0.4, 0.5) is 0 Å². The zero-order valence-electron chi connectivity index (χ0n) is 30.8. The minimum atomic E-state index is -0.449. The Morgan fingerprint density at radius 1 is 0.840 bits per heavy atom. The van der Waals surface area contributed by atoms with Crippen LogP contribution in [0.2, 0.25) is 0 Å². The van der Waals surface area contributed by atoms with Crippen LogP contribution in [0.15, 0.2) is 33.4 Å². The lowest BCUT2D eigenvalue weighted by atomic mass is 10.1. The highest BCUT2D eigenvalue weighted by atomic mass is 16.5. The molecule has 0 aromatic carbocycles. The third-order valence-corrected chi connectivity index (χ3v) is 9.00. The SMILES string of the molecule is CCOC(=O)C1=C(N(C)C(C)=O)CCC1.CCOC(=O)C1=C(NC)CCC1.CCOC(=O)C1CCCC1=O.Cn1c2c(c(O)cc1=O)CCC2. The summed E-state index contributed by atoms with van der Waals surface area (Å²) in [6.07, 6.45) is 10.2. The molecule has 1 fully saturated rings. The Morgan fingerprint density at radius 2 is 1.42 bits per heavy atom. The first-order valence-electron chi connectivity index (χ1n) is 17.6. The predicted molar refractivity (Wildman–Crippen MR) is 187 cm³/mol. The molecule has 1 atom stereocenters. The average Bonchev–Trinajstić information content (AvgIpc) is 3.91. The number of ketones is 1. The van der Waals surface area contributed by atoms with Crippen molar-refractivity contribution in [2.45, 2.75) is 105 Å². The largest absolute Gasteiger partial charge is 0.507 e. The molecule has 13 heteroatoms. The maximum Gasteiger partial charge on any atom is 0.335 e. The van der Waals surface area contributed by atoms with E-state index >= 15 is 0 Å². The molecule has 4 aliphatic carbocycles. The Balaban J connectivity index is 0.000000233. The molecule has 1 saturated carbocycles. The lowest BCUT2D eigenvalue weighted by Crippen LogP contribution is -2.24. The number of fused-ring (bicyclic) bond motifs is 1. The lowest BCUT2D eigenvalue weighted by Gasteiger charge is -2.17. The van der Waals surface area contributed by atoms with E-state index in [2.05, 4.69) is 5.32 Å². The molecule has 0 aliphatic heterocycles. The molecule has 0 radical (unpaired) electrons. The molecular weight excluding hydrogens is 646 g/mol. The number of rotatable bonds is 8. The minimum absolute atomic E-state index is 0.0449. The highest BCUT2D eigenvalue weighted by Crippen LogP contribution is 2.29. The van der Waals surface area contributed by atoms with Gasteiger partial charge in [0, 0.05) is 63.2 Å². The normalized spacial score (nSPS) is 17.3. The van der Waals surface area contributed by atoms with E-state index in [-0.39, 0.29) is 40.9 Å². The van der Waals surface area contributed by atoms with Gasteiger partial charge in [-0.3, -0.25) is 19.2 Å². The Hall–Kier alpha value is -4.42. The number of hydrogen-bond donors (Lipinski definition) is 2. The molecule has 5 rings (SSSR count). The van der Waals surface area contributed by atoms with E-state index in [0.717, 1.165) is 86.0 Å². The molecule has 1 aromatic rings. The third kappa shape index (κ3) is 11.6. The topological polar surface area (TPSA) is 171 Å². The first-order valence-corrected chi connectivity index (χ1v) is 17.6. The van der Waals surface area contributed by atoms with Gasteiger partial charge in [0.15, 0.2) is 0 Å². The Labute approximate surface area is 295 Å². The van der Waals surface area contributed by atoms with Gasteiger partial charge < -0.3 is 34.1 Å². The fourth-order valence-corrected chi connectivity index (χ4v) is 6.30. The number of carbonyl (C=O) groups excluding carboxylic acids is 5. The van der Waals surface area contributed by atoms with Crippen LogP contribution in [0, 0.1) is 5.92 Å². The summed E-state index contributed by atoms with van der Waals surface area (Å²) in [5.74, 6) is -1.05. The molecule has 278 valence electrons. The maximum atomic E-state index is 11.6. The first kappa shape index (κ1) is 41.7. The van der Waals surface area contributed by atoms with Crippen molar-refractivity contribution in [1.29, 1.82) is 0 Å².